The highest BCUT2D eigenvalue weighted by Gasteiger charge is 2.09. The van der Waals surface area contributed by atoms with Crippen molar-refractivity contribution in [2.24, 2.45) is 0 Å². The van der Waals surface area contributed by atoms with Gasteiger partial charge in [-0.3, -0.25) is 4.79 Å². The van der Waals surface area contributed by atoms with Crippen LogP contribution in [0.25, 0.3) is 0 Å². The average molecular weight is 293 g/mol. The fourth-order valence-electron chi connectivity index (χ4n) is 1.78. The molecule has 0 aliphatic carbocycles. The molecular weight excluding hydrogens is 277 g/mol. The third-order valence-electron chi connectivity index (χ3n) is 2.68. The number of carbonyl (C=O) groups excluding carboxylic acids is 1. The summed E-state index contributed by atoms with van der Waals surface area (Å²) in [4.78, 5) is 12.9. The van der Waals surface area contributed by atoms with E-state index in [1.807, 2.05) is 24.4 Å². The average Bonchev–Trinajstić information content (AvgIpc) is 2.90. The topological polar surface area (TPSA) is 38.3 Å². The van der Waals surface area contributed by atoms with Gasteiger partial charge in [0.2, 0.25) is 0 Å². The van der Waals surface area contributed by atoms with Gasteiger partial charge in [0.05, 0.1) is 0 Å². The maximum absolute atomic E-state index is 12.7. The SMILES string of the molecule is CC(Cc1cccs1)NC(=O)COc1ccc(F)cc1. The van der Waals surface area contributed by atoms with Crippen LogP contribution in [0.3, 0.4) is 0 Å². The number of rotatable bonds is 6. The molecule has 2 aromatic rings. The molecule has 20 heavy (non-hydrogen) atoms. The maximum atomic E-state index is 12.7. The largest absolute Gasteiger partial charge is 0.484 e. The predicted octanol–water partition coefficient (Wildman–Crippen LogP) is 3.01. The minimum absolute atomic E-state index is 0.0537. The lowest BCUT2D eigenvalue weighted by atomic mass is 10.2. The number of nitrogens with one attached hydrogen (secondary N) is 1. The van der Waals surface area contributed by atoms with Crippen LogP contribution in [0.5, 0.6) is 5.75 Å². The van der Waals surface area contributed by atoms with Gasteiger partial charge in [-0.1, -0.05) is 6.07 Å². The van der Waals surface area contributed by atoms with E-state index in [0.717, 1.165) is 6.42 Å². The fraction of sp³-hybridized carbons (Fsp3) is 0.267. The molecule has 0 saturated carbocycles. The number of benzene rings is 1. The lowest BCUT2D eigenvalue weighted by Crippen LogP contribution is -2.37. The Morgan fingerprint density at radius 2 is 2.10 bits per heavy atom. The van der Waals surface area contributed by atoms with Crippen molar-refractivity contribution in [1.82, 2.24) is 5.32 Å². The van der Waals surface area contributed by atoms with Crippen LogP contribution in [0.15, 0.2) is 41.8 Å². The molecule has 0 fully saturated rings. The number of carbonyl (C=O) groups is 1. The smallest absolute Gasteiger partial charge is 0.258 e. The van der Waals surface area contributed by atoms with Crippen molar-refractivity contribution in [2.75, 3.05) is 6.61 Å². The van der Waals surface area contributed by atoms with Gasteiger partial charge in [0.15, 0.2) is 6.61 Å². The van der Waals surface area contributed by atoms with Crippen molar-refractivity contribution in [3.05, 3.63) is 52.5 Å². The van der Waals surface area contributed by atoms with Crippen LogP contribution >= 0.6 is 11.3 Å². The van der Waals surface area contributed by atoms with Gasteiger partial charge in [-0.25, -0.2) is 4.39 Å². The van der Waals surface area contributed by atoms with Crippen molar-refractivity contribution >= 4 is 17.2 Å². The van der Waals surface area contributed by atoms with E-state index < -0.39 is 0 Å². The van der Waals surface area contributed by atoms with E-state index in [1.165, 1.54) is 29.1 Å². The Labute approximate surface area is 121 Å². The Morgan fingerprint density at radius 3 is 2.75 bits per heavy atom. The quantitative estimate of drug-likeness (QED) is 0.889. The molecule has 1 unspecified atom stereocenters. The van der Waals surface area contributed by atoms with Crippen molar-refractivity contribution in [1.29, 1.82) is 0 Å². The molecule has 1 amide bonds. The van der Waals surface area contributed by atoms with E-state index in [-0.39, 0.29) is 24.4 Å². The molecule has 0 saturated heterocycles. The first kappa shape index (κ1) is 14.5. The number of amides is 1. The van der Waals surface area contributed by atoms with E-state index in [0.29, 0.717) is 5.75 Å². The molecule has 0 radical (unpaired) electrons. The van der Waals surface area contributed by atoms with Gasteiger partial charge in [0, 0.05) is 17.3 Å². The summed E-state index contributed by atoms with van der Waals surface area (Å²) >= 11 is 1.67. The second-order valence-electron chi connectivity index (χ2n) is 4.49. The Bertz CT molecular complexity index is 540. The fourth-order valence-corrected chi connectivity index (χ4v) is 2.61. The van der Waals surface area contributed by atoms with Crippen LogP contribution in [0.4, 0.5) is 4.39 Å². The number of hydrogen-bond donors (Lipinski definition) is 1. The van der Waals surface area contributed by atoms with Gasteiger partial charge >= 0.3 is 0 Å². The zero-order chi connectivity index (χ0) is 14.4. The molecule has 0 aliphatic heterocycles. The van der Waals surface area contributed by atoms with Crippen molar-refractivity contribution in [3.63, 3.8) is 0 Å². The first-order chi connectivity index (χ1) is 9.63. The van der Waals surface area contributed by atoms with Crippen molar-refractivity contribution in [3.8, 4) is 5.75 Å². The lowest BCUT2D eigenvalue weighted by molar-refractivity contribution is -0.123. The van der Waals surface area contributed by atoms with E-state index in [2.05, 4.69) is 5.32 Å². The lowest BCUT2D eigenvalue weighted by Gasteiger charge is -2.13. The maximum Gasteiger partial charge on any atom is 0.258 e. The standard InChI is InChI=1S/C15H16FNO2S/c1-11(9-14-3-2-8-20-14)17-15(18)10-19-13-6-4-12(16)5-7-13/h2-8,11H,9-10H2,1H3,(H,17,18). The van der Waals surface area contributed by atoms with Crippen LogP contribution in [-0.2, 0) is 11.2 Å². The third kappa shape index (κ3) is 4.66. The van der Waals surface area contributed by atoms with Gasteiger partial charge in [-0.15, -0.1) is 11.3 Å². The summed E-state index contributed by atoms with van der Waals surface area (Å²) in [7, 11) is 0. The highest BCUT2D eigenvalue weighted by molar-refractivity contribution is 7.09. The van der Waals surface area contributed by atoms with Gasteiger partial charge in [0.25, 0.3) is 5.91 Å². The normalized spacial score (nSPS) is 11.9. The van der Waals surface area contributed by atoms with E-state index >= 15 is 0 Å². The van der Waals surface area contributed by atoms with Gasteiger partial charge in [0.1, 0.15) is 11.6 Å². The molecule has 0 bridgehead atoms. The summed E-state index contributed by atoms with van der Waals surface area (Å²) in [5, 5.41) is 4.88. The van der Waals surface area contributed by atoms with Crippen LogP contribution in [-0.4, -0.2) is 18.6 Å². The van der Waals surface area contributed by atoms with E-state index in [4.69, 9.17) is 4.74 Å². The predicted molar refractivity (Wildman–Crippen MR) is 77.5 cm³/mol. The molecule has 1 aromatic carbocycles. The molecule has 106 valence electrons. The molecule has 1 atom stereocenters. The Kier molecular flexibility index (Phi) is 5.12. The molecule has 0 spiro atoms. The van der Waals surface area contributed by atoms with Crippen LogP contribution in [0.2, 0.25) is 0 Å². The summed E-state index contributed by atoms with van der Waals surface area (Å²) in [6, 6.07) is 9.68. The minimum Gasteiger partial charge on any atom is -0.484 e. The number of thiophene rings is 1. The molecule has 3 nitrogen and oxygen atoms in total. The molecule has 0 aliphatic rings. The van der Waals surface area contributed by atoms with Gasteiger partial charge in [-0.05, 0) is 42.6 Å². The monoisotopic (exact) mass is 293 g/mol. The van der Waals surface area contributed by atoms with Gasteiger partial charge < -0.3 is 10.1 Å². The number of halogens is 1. The van der Waals surface area contributed by atoms with Gasteiger partial charge in [-0.2, -0.15) is 0 Å². The molecule has 2 rings (SSSR count). The van der Waals surface area contributed by atoms with Crippen LogP contribution in [0.1, 0.15) is 11.8 Å². The van der Waals surface area contributed by atoms with E-state index in [9.17, 15) is 9.18 Å². The first-order valence-electron chi connectivity index (χ1n) is 6.33. The molecule has 1 heterocycles. The second kappa shape index (κ2) is 7.05. The summed E-state index contributed by atoms with van der Waals surface area (Å²) in [5.74, 6) is -0.0304. The molecule has 5 heteroatoms. The first-order valence-corrected chi connectivity index (χ1v) is 7.21. The third-order valence-corrected chi connectivity index (χ3v) is 3.58. The summed E-state index contributed by atoms with van der Waals surface area (Å²) in [6.07, 6.45) is 0.806. The summed E-state index contributed by atoms with van der Waals surface area (Å²) in [6.45, 7) is 1.88. The van der Waals surface area contributed by atoms with Crippen LogP contribution < -0.4 is 10.1 Å². The second-order valence-corrected chi connectivity index (χ2v) is 5.53. The van der Waals surface area contributed by atoms with Crippen LogP contribution in [0, 0.1) is 5.82 Å². The highest BCUT2D eigenvalue weighted by atomic mass is 32.1. The van der Waals surface area contributed by atoms with Crippen molar-refractivity contribution in [2.45, 2.75) is 19.4 Å². The zero-order valence-corrected chi connectivity index (χ0v) is 12.0. The Hall–Kier alpha value is -1.88. The minimum atomic E-state index is -0.327. The Morgan fingerprint density at radius 1 is 1.35 bits per heavy atom. The molecular formula is C15H16FNO2S. The number of ether oxygens (including phenoxy) is 1. The molecule has 1 aromatic heterocycles. The summed E-state index contributed by atoms with van der Waals surface area (Å²) in [5.41, 5.74) is 0. The van der Waals surface area contributed by atoms with E-state index in [1.54, 1.807) is 11.3 Å². The summed E-state index contributed by atoms with van der Waals surface area (Å²) < 4.78 is 18.0. The Balaban J connectivity index is 1.73. The zero-order valence-electron chi connectivity index (χ0n) is 11.1. The van der Waals surface area contributed by atoms with Crippen molar-refractivity contribution < 1.29 is 13.9 Å². The highest BCUT2D eigenvalue weighted by Crippen LogP contribution is 2.12. The number of hydrogen-bond acceptors (Lipinski definition) is 3. The molecule has 1 N–H and O–H groups in total.